The summed E-state index contributed by atoms with van der Waals surface area (Å²) in [5.41, 5.74) is 3.66. The van der Waals surface area contributed by atoms with Gasteiger partial charge in [-0.15, -0.1) is 10.2 Å². The van der Waals surface area contributed by atoms with Crippen LogP contribution in [0.4, 0.5) is 11.4 Å². The first kappa shape index (κ1) is 21.1. The van der Waals surface area contributed by atoms with Crippen molar-refractivity contribution in [2.45, 2.75) is 43.9 Å². The van der Waals surface area contributed by atoms with Crippen molar-refractivity contribution in [2.24, 2.45) is 13.0 Å². The molecule has 1 amide bonds. The largest absolute Gasteiger partial charge is 0.383 e. The Balaban J connectivity index is 1.42. The molecule has 3 heterocycles. The quantitative estimate of drug-likeness (QED) is 0.624. The average molecular weight is 442 g/mol. The van der Waals surface area contributed by atoms with Crippen LogP contribution < -0.4 is 10.6 Å². The molecule has 2 N–H and O–H groups in total. The molecule has 0 atom stereocenters. The molecule has 0 bridgehead atoms. The second-order valence-corrected chi connectivity index (χ2v) is 9.85. The number of hydrogen-bond acceptors (Lipinski definition) is 6. The highest BCUT2D eigenvalue weighted by atomic mass is 16.1. The van der Waals surface area contributed by atoms with Gasteiger partial charge in [-0.1, -0.05) is 26.0 Å². The topological polar surface area (TPSA) is 109 Å². The van der Waals surface area contributed by atoms with Crippen molar-refractivity contribution in [1.82, 2.24) is 19.7 Å². The van der Waals surface area contributed by atoms with Crippen LogP contribution in [0.3, 0.4) is 0 Å². The van der Waals surface area contributed by atoms with Gasteiger partial charge < -0.3 is 15.2 Å². The van der Waals surface area contributed by atoms with E-state index < -0.39 is 0 Å². The SMILES string of the molecule is Cn1cnnc1[C@]1(c2cccc(NC(=O)c3ccc4c(n3)C(C)(C)CN4)c2)C[C@H](CC#N)C1. The highest BCUT2D eigenvalue weighted by molar-refractivity contribution is 6.03. The van der Waals surface area contributed by atoms with Crippen molar-refractivity contribution in [2.75, 3.05) is 17.2 Å². The number of aromatic nitrogens is 4. The minimum absolute atomic E-state index is 0.113. The van der Waals surface area contributed by atoms with E-state index >= 15 is 0 Å². The zero-order valence-electron chi connectivity index (χ0n) is 19.1. The van der Waals surface area contributed by atoms with Gasteiger partial charge in [0.1, 0.15) is 17.8 Å². The highest BCUT2D eigenvalue weighted by Gasteiger charge is 2.49. The van der Waals surface area contributed by atoms with Gasteiger partial charge in [-0.25, -0.2) is 4.98 Å². The monoisotopic (exact) mass is 441 g/mol. The number of amides is 1. The summed E-state index contributed by atoms with van der Waals surface area (Å²) in [6.07, 6.45) is 3.90. The standard InChI is InChI=1S/C25H27N7O/c1-24(2)14-27-19-7-8-20(30-21(19)24)22(33)29-18-6-4-5-17(11-18)25(12-16(13-25)9-10-26)23-31-28-15-32(23)3/h4-8,11,15-16,27H,9,12-14H2,1-3H3,(H,29,33)/t16-,25+. The maximum atomic E-state index is 13.0. The van der Waals surface area contributed by atoms with Crippen molar-refractivity contribution in [3.63, 3.8) is 0 Å². The lowest BCUT2D eigenvalue weighted by atomic mass is 9.57. The van der Waals surface area contributed by atoms with Gasteiger partial charge >= 0.3 is 0 Å². The van der Waals surface area contributed by atoms with E-state index in [1.165, 1.54) is 0 Å². The Morgan fingerprint density at radius 3 is 2.85 bits per heavy atom. The number of hydrogen-bond donors (Lipinski definition) is 2. The van der Waals surface area contributed by atoms with E-state index in [-0.39, 0.29) is 16.7 Å². The number of carbonyl (C=O) groups excluding carboxylic acids is 1. The van der Waals surface area contributed by atoms with Gasteiger partial charge in [0.05, 0.1) is 22.9 Å². The van der Waals surface area contributed by atoms with Gasteiger partial charge in [0.2, 0.25) is 0 Å². The predicted octanol–water partition coefficient (Wildman–Crippen LogP) is 3.78. The number of rotatable bonds is 5. The van der Waals surface area contributed by atoms with Crippen molar-refractivity contribution in [1.29, 1.82) is 5.26 Å². The molecule has 2 aliphatic rings. The van der Waals surface area contributed by atoms with E-state index in [1.54, 1.807) is 12.4 Å². The molecule has 8 nitrogen and oxygen atoms in total. The van der Waals surface area contributed by atoms with Gasteiger partial charge in [0.15, 0.2) is 0 Å². The molecule has 3 aromatic rings. The van der Waals surface area contributed by atoms with E-state index in [0.29, 0.717) is 23.7 Å². The van der Waals surface area contributed by atoms with Crippen LogP contribution in [0.2, 0.25) is 0 Å². The smallest absolute Gasteiger partial charge is 0.274 e. The van der Waals surface area contributed by atoms with E-state index in [9.17, 15) is 4.79 Å². The van der Waals surface area contributed by atoms with Crippen molar-refractivity contribution in [3.8, 4) is 6.07 Å². The van der Waals surface area contributed by atoms with Crippen LogP contribution in [0, 0.1) is 17.2 Å². The van der Waals surface area contributed by atoms with Crippen LogP contribution in [-0.2, 0) is 17.9 Å². The normalized spacial score (nSPS) is 22.5. The van der Waals surface area contributed by atoms with Gasteiger partial charge in [-0.05, 0) is 48.6 Å². The summed E-state index contributed by atoms with van der Waals surface area (Å²) in [5, 5.41) is 24.0. The van der Waals surface area contributed by atoms with Crippen molar-refractivity contribution >= 4 is 17.3 Å². The summed E-state index contributed by atoms with van der Waals surface area (Å²) in [6.45, 7) is 5.04. The highest BCUT2D eigenvalue weighted by Crippen LogP contribution is 2.53. The van der Waals surface area contributed by atoms with E-state index in [2.05, 4.69) is 51.8 Å². The van der Waals surface area contributed by atoms with Gasteiger partial charge in [-0.3, -0.25) is 4.79 Å². The second-order valence-electron chi connectivity index (χ2n) is 9.85. The Morgan fingerprint density at radius 2 is 2.12 bits per heavy atom. The Kier molecular flexibility index (Phi) is 4.93. The molecule has 1 fully saturated rings. The summed E-state index contributed by atoms with van der Waals surface area (Å²) in [7, 11) is 1.94. The molecule has 8 heteroatoms. The fourth-order valence-electron chi connectivity index (χ4n) is 5.20. The Morgan fingerprint density at radius 1 is 1.30 bits per heavy atom. The van der Waals surface area contributed by atoms with E-state index in [0.717, 1.165) is 42.2 Å². The van der Waals surface area contributed by atoms with Gasteiger partial charge in [0, 0.05) is 31.1 Å². The molecule has 33 heavy (non-hydrogen) atoms. The van der Waals surface area contributed by atoms with E-state index in [1.807, 2.05) is 35.9 Å². The molecule has 1 saturated carbocycles. The molecule has 0 unspecified atom stereocenters. The number of fused-ring (bicyclic) bond motifs is 1. The van der Waals surface area contributed by atoms with Crippen LogP contribution >= 0.6 is 0 Å². The van der Waals surface area contributed by atoms with Crippen LogP contribution in [0.5, 0.6) is 0 Å². The number of pyridine rings is 1. The maximum Gasteiger partial charge on any atom is 0.274 e. The molecule has 1 aliphatic carbocycles. The first-order chi connectivity index (χ1) is 15.8. The zero-order valence-corrected chi connectivity index (χ0v) is 19.1. The molecule has 0 radical (unpaired) electrons. The van der Waals surface area contributed by atoms with E-state index in [4.69, 9.17) is 5.26 Å². The second kappa shape index (κ2) is 7.69. The summed E-state index contributed by atoms with van der Waals surface area (Å²) >= 11 is 0. The molecule has 0 saturated heterocycles. The molecule has 1 aliphatic heterocycles. The minimum Gasteiger partial charge on any atom is -0.383 e. The fourth-order valence-corrected chi connectivity index (χ4v) is 5.20. The molecule has 5 rings (SSSR count). The lowest BCUT2D eigenvalue weighted by Crippen LogP contribution is -2.44. The lowest BCUT2D eigenvalue weighted by Gasteiger charge is -2.46. The van der Waals surface area contributed by atoms with Crippen molar-refractivity contribution in [3.05, 3.63) is 65.5 Å². The molecule has 1 aromatic carbocycles. The predicted molar refractivity (Wildman–Crippen MR) is 125 cm³/mol. The first-order valence-corrected chi connectivity index (χ1v) is 11.2. The van der Waals surface area contributed by atoms with Gasteiger partial charge in [0.25, 0.3) is 5.91 Å². The fraction of sp³-hybridized carbons (Fsp3) is 0.400. The maximum absolute atomic E-state index is 13.0. The number of aryl methyl sites for hydroxylation is 1. The minimum atomic E-state index is -0.310. The van der Waals surface area contributed by atoms with Crippen LogP contribution in [0.25, 0.3) is 0 Å². The summed E-state index contributed by atoms with van der Waals surface area (Å²) in [6, 6.07) is 13.9. The molecule has 2 aromatic heterocycles. The Bertz CT molecular complexity index is 1260. The third-order valence-corrected chi connectivity index (χ3v) is 6.96. The number of carbonyl (C=O) groups is 1. The molecular weight excluding hydrogens is 414 g/mol. The third kappa shape index (κ3) is 3.54. The van der Waals surface area contributed by atoms with Crippen LogP contribution in [0.15, 0.2) is 42.7 Å². The lowest BCUT2D eigenvalue weighted by molar-refractivity contribution is 0.102. The first-order valence-electron chi connectivity index (χ1n) is 11.2. The van der Waals surface area contributed by atoms with Crippen LogP contribution in [0.1, 0.15) is 60.7 Å². The number of anilines is 2. The Hall–Kier alpha value is -3.73. The molecule has 0 spiro atoms. The number of benzene rings is 1. The van der Waals surface area contributed by atoms with Crippen molar-refractivity contribution < 1.29 is 4.79 Å². The van der Waals surface area contributed by atoms with Crippen LogP contribution in [-0.4, -0.2) is 32.2 Å². The average Bonchev–Trinajstić information content (AvgIpc) is 3.33. The number of nitrogens with one attached hydrogen (secondary N) is 2. The van der Waals surface area contributed by atoms with Gasteiger partial charge in [-0.2, -0.15) is 5.26 Å². The molecule has 168 valence electrons. The summed E-state index contributed by atoms with van der Waals surface area (Å²) < 4.78 is 1.94. The summed E-state index contributed by atoms with van der Waals surface area (Å²) in [4.78, 5) is 17.7. The molecular formula is C25H27N7O. The Labute approximate surface area is 193 Å². The number of nitrogens with zero attached hydrogens (tertiary/aromatic N) is 5. The third-order valence-electron chi connectivity index (χ3n) is 6.96. The number of nitriles is 1. The summed E-state index contributed by atoms with van der Waals surface area (Å²) in [5.74, 6) is 0.981. The zero-order chi connectivity index (χ0) is 23.2.